The molecule has 1 fully saturated rings. The van der Waals surface area contributed by atoms with Crippen LogP contribution in [0.3, 0.4) is 0 Å². The van der Waals surface area contributed by atoms with E-state index in [0.717, 1.165) is 6.42 Å². The predicted octanol–water partition coefficient (Wildman–Crippen LogP) is 0.746. The Hall–Kier alpha value is -1.67. The van der Waals surface area contributed by atoms with Crippen molar-refractivity contribution in [3.8, 4) is 5.75 Å². The van der Waals surface area contributed by atoms with Gasteiger partial charge in [0.1, 0.15) is 11.6 Å². The van der Waals surface area contributed by atoms with E-state index < -0.39 is 10.0 Å². The van der Waals surface area contributed by atoms with Crippen LogP contribution in [0.4, 0.5) is 4.39 Å². The molecule has 1 saturated heterocycles. The number of nitrogens with one attached hydrogen (secondary N) is 1. The van der Waals surface area contributed by atoms with Crippen LogP contribution < -0.4 is 10.1 Å². The summed E-state index contributed by atoms with van der Waals surface area (Å²) < 4.78 is 42.8. The highest BCUT2D eigenvalue weighted by molar-refractivity contribution is 7.89. The molecule has 1 aromatic carbocycles. The molecule has 0 bridgehead atoms. The Morgan fingerprint density at radius 2 is 2.00 bits per heavy atom. The van der Waals surface area contributed by atoms with Crippen LogP contribution in [-0.2, 0) is 14.8 Å². The summed E-state index contributed by atoms with van der Waals surface area (Å²) in [5, 5.41) is 2.61. The van der Waals surface area contributed by atoms with Gasteiger partial charge in [0.2, 0.25) is 10.0 Å². The highest BCUT2D eigenvalue weighted by atomic mass is 32.2. The summed E-state index contributed by atoms with van der Waals surface area (Å²) in [5.41, 5.74) is 0. The Labute approximate surface area is 129 Å². The van der Waals surface area contributed by atoms with Crippen molar-refractivity contribution >= 4 is 15.9 Å². The number of hydrogen-bond donors (Lipinski definition) is 1. The minimum atomic E-state index is -3.17. The van der Waals surface area contributed by atoms with Gasteiger partial charge in [0.15, 0.2) is 6.61 Å². The first-order chi connectivity index (χ1) is 10.5. The molecule has 6 nitrogen and oxygen atoms in total. The molecule has 0 radical (unpaired) electrons. The Bertz CT molecular complexity index is 604. The molecule has 0 spiro atoms. The Balaban J connectivity index is 1.68. The van der Waals surface area contributed by atoms with Gasteiger partial charge in [-0.15, -0.1) is 0 Å². The summed E-state index contributed by atoms with van der Waals surface area (Å²) in [4.78, 5) is 11.6. The lowest BCUT2D eigenvalue weighted by molar-refractivity contribution is -0.123. The predicted molar refractivity (Wildman–Crippen MR) is 79.5 cm³/mol. The number of hydrogen-bond acceptors (Lipinski definition) is 4. The van der Waals surface area contributed by atoms with Crippen molar-refractivity contribution in [2.45, 2.75) is 12.8 Å². The van der Waals surface area contributed by atoms with Gasteiger partial charge < -0.3 is 10.1 Å². The summed E-state index contributed by atoms with van der Waals surface area (Å²) in [6.45, 7) is 0.818. The van der Waals surface area contributed by atoms with E-state index in [2.05, 4.69) is 5.32 Å². The minimum absolute atomic E-state index is 0.175. The van der Waals surface area contributed by atoms with E-state index in [-0.39, 0.29) is 37.2 Å². The second kappa shape index (κ2) is 7.55. The standard InChI is InChI=1S/C14H19FN2O4S/c15-12-3-5-13(6-4-12)21-11-14(18)16-7-9-17-8-1-2-10-22(17,19)20/h3-6H,1-2,7-11H2,(H,16,18). The average Bonchev–Trinajstić information content (AvgIpc) is 2.48. The van der Waals surface area contributed by atoms with Gasteiger partial charge in [0.25, 0.3) is 5.91 Å². The number of sulfonamides is 1. The van der Waals surface area contributed by atoms with Crippen molar-refractivity contribution in [3.05, 3.63) is 30.1 Å². The Morgan fingerprint density at radius 1 is 1.27 bits per heavy atom. The van der Waals surface area contributed by atoms with E-state index in [1.54, 1.807) is 0 Å². The van der Waals surface area contributed by atoms with Crippen LogP contribution in [0.1, 0.15) is 12.8 Å². The summed E-state index contributed by atoms with van der Waals surface area (Å²) in [6.07, 6.45) is 1.54. The molecule has 122 valence electrons. The Morgan fingerprint density at radius 3 is 2.68 bits per heavy atom. The smallest absolute Gasteiger partial charge is 0.257 e. The van der Waals surface area contributed by atoms with Crippen LogP contribution >= 0.6 is 0 Å². The zero-order valence-corrected chi connectivity index (χ0v) is 12.9. The Kier molecular flexibility index (Phi) is 5.73. The van der Waals surface area contributed by atoms with E-state index in [0.29, 0.717) is 18.7 Å². The van der Waals surface area contributed by atoms with Crippen LogP contribution in [0, 0.1) is 5.82 Å². The van der Waals surface area contributed by atoms with Crippen molar-refractivity contribution in [2.24, 2.45) is 0 Å². The number of halogens is 1. The van der Waals surface area contributed by atoms with Gasteiger partial charge in [-0.25, -0.2) is 17.1 Å². The second-order valence-corrected chi connectivity index (χ2v) is 7.10. The van der Waals surface area contributed by atoms with Crippen LogP contribution in [0.25, 0.3) is 0 Å². The number of carbonyl (C=O) groups is 1. The molecule has 1 aliphatic rings. The molecule has 1 aromatic rings. The molecule has 22 heavy (non-hydrogen) atoms. The summed E-state index contributed by atoms with van der Waals surface area (Å²) in [5.74, 6) is -0.150. The average molecular weight is 330 g/mol. The highest BCUT2D eigenvalue weighted by Gasteiger charge is 2.25. The first-order valence-corrected chi connectivity index (χ1v) is 8.71. The molecular formula is C14H19FN2O4S. The van der Waals surface area contributed by atoms with Crippen molar-refractivity contribution < 1.29 is 22.3 Å². The minimum Gasteiger partial charge on any atom is -0.484 e. The molecule has 0 saturated carbocycles. The summed E-state index contributed by atoms with van der Waals surface area (Å²) in [6, 6.07) is 5.36. The molecule has 1 heterocycles. The zero-order chi connectivity index (χ0) is 16.0. The number of amides is 1. The number of ether oxygens (including phenoxy) is 1. The molecule has 1 amide bonds. The first-order valence-electron chi connectivity index (χ1n) is 7.10. The quantitative estimate of drug-likeness (QED) is 0.835. The molecule has 1 aliphatic heterocycles. The van der Waals surface area contributed by atoms with Gasteiger partial charge in [0, 0.05) is 19.6 Å². The normalized spacial score (nSPS) is 17.9. The maximum absolute atomic E-state index is 12.7. The number of rotatable bonds is 6. The molecule has 0 unspecified atom stereocenters. The molecule has 1 N–H and O–H groups in total. The molecule has 0 atom stereocenters. The van der Waals surface area contributed by atoms with Gasteiger partial charge in [-0.05, 0) is 37.1 Å². The van der Waals surface area contributed by atoms with Gasteiger partial charge in [-0.2, -0.15) is 0 Å². The van der Waals surface area contributed by atoms with E-state index >= 15 is 0 Å². The number of benzene rings is 1. The SMILES string of the molecule is O=C(COc1ccc(F)cc1)NCCN1CCCCS1(=O)=O. The summed E-state index contributed by atoms with van der Waals surface area (Å²) >= 11 is 0. The van der Waals surface area contributed by atoms with Crippen LogP contribution in [0.15, 0.2) is 24.3 Å². The lowest BCUT2D eigenvalue weighted by Gasteiger charge is -2.26. The zero-order valence-electron chi connectivity index (χ0n) is 12.1. The molecule has 2 rings (SSSR count). The topological polar surface area (TPSA) is 75.7 Å². The monoisotopic (exact) mass is 330 g/mol. The largest absolute Gasteiger partial charge is 0.484 e. The number of carbonyl (C=O) groups excluding carboxylic acids is 1. The number of nitrogens with zero attached hydrogens (tertiary/aromatic N) is 1. The first kappa shape index (κ1) is 16.7. The van der Waals surface area contributed by atoms with Crippen LogP contribution in [0.2, 0.25) is 0 Å². The van der Waals surface area contributed by atoms with E-state index in [1.807, 2.05) is 0 Å². The fraction of sp³-hybridized carbons (Fsp3) is 0.500. The van der Waals surface area contributed by atoms with Crippen molar-refractivity contribution in [1.29, 1.82) is 0 Å². The third-order valence-electron chi connectivity index (χ3n) is 3.32. The van der Waals surface area contributed by atoms with Gasteiger partial charge >= 0.3 is 0 Å². The molecule has 0 aliphatic carbocycles. The van der Waals surface area contributed by atoms with Crippen LogP contribution in [-0.4, -0.2) is 50.6 Å². The molecule has 8 heteroatoms. The molecule has 0 aromatic heterocycles. The third-order valence-corrected chi connectivity index (χ3v) is 5.28. The van der Waals surface area contributed by atoms with Crippen molar-refractivity contribution in [2.75, 3.05) is 32.0 Å². The van der Waals surface area contributed by atoms with Gasteiger partial charge in [-0.3, -0.25) is 4.79 Å². The van der Waals surface area contributed by atoms with Gasteiger partial charge in [-0.1, -0.05) is 0 Å². The fourth-order valence-corrected chi connectivity index (χ4v) is 3.75. The molecular weight excluding hydrogens is 311 g/mol. The van der Waals surface area contributed by atoms with Crippen molar-refractivity contribution in [1.82, 2.24) is 9.62 Å². The fourth-order valence-electron chi connectivity index (χ4n) is 2.14. The highest BCUT2D eigenvalue weighted by Crippen LogP contribution is 2.12. The van der Waals surface area contributed by atoms with Crippen LogP contribution in [0.5, 0.6) is 5.75 Å². The van der Waals surface area contributed by atoms with E-state index in [4.69, 9.17) is 4.74 Å². The lowest BCUT2D eigenvalue weighted by atomic mass is 10.3. The van der Waals surface area contributed by atoms with E-state index in [1.165, 1.54) is 28.6 Å². The third kappa shape index (κ3) is 4.96. The lowest BCUT2D eigenvalue weighted by Crippen LogP contribution is -2.43. The van der Waals surface area contributed by atoms with E-state index in [9.17, 15) is 17.6 Å². The van der Waals surface area contributed by atoms with Crippen molar-refractivity contribution in [3.63, 3.8) is 0 Å². The van der Waals surface area contributed by atoms with Gasteiger partial charge in [0.05, 0.1) is 5.75 Å². The second-order valence-electron chi connectivity index (χ2n) is 5.01. The summed E-state index contributed by atoms with van der Waals surface area (Å²) in [7, 11) is -3.17. The maximum atomic E-state index is 12.7. The maximum Gasteiger partial charge on any atom is 0.257 e.